The zero-order valence-corrected chi connectivity index (χ0v) is 14.8. The van der Waals surface area contributed by atoms with Crippen LogP contribution in [-0.2, 0) is 9.53 Å². The van der Waals surface area contributed by atoms with Crippen molar-refractivity contribution in [3.05, 3.63) is 24.3 Å². The zero-order valence-electron chi connectivity index (χ0n) is 14.8. The summed E-state index contributed by atoms with van der Waals surface area (Å²) in [5, 5.41) is 16.6. The monoisotopic (exact) mass is 324 g/mol. The maximum Gasteiger partial charge on any atom is 0.225 e. The summed E-state index contributed by atoms with van der Waals surface area (Å²) in [7, 11) is 1.65. The van der Waals surface area contributed by atoms with Gasteiger partial charge < -0.3 is 20.5 Å². The van der Waals surface area contributed by atoms with Crippen molar-refractivity contribution in [2.45, 2.75) is 64.3 Å². The molecule has 3 N–H and O–H groups in total. The summed E-state index contributed by atoms with van der Waals surface area (Å²) >= 11 is 0. The lowest BCUT2D eigenvalue weighted by atomic mass is 9.94. The Bertz CT molecular complexity index is 416. The topological polar surface area (TPSA) is 70.6 Å². The molecule has 0 saturated carbocycles. The number of hydrogen-bond acceptors (Lipinski definition) is 4. The van der Waals surface area contributed by atoms with Gasteiger partial charge in [-0.2, -0.15) is 0 Å². The van der Waals surface area contributed by atoms with E-state index < -0.39 is 6.10 Å². The number of ether oxygens (including phenoxy) is 1. The smallest absolute Gasteiger partial charge is 0.225 e. The molecular formula is C18H32N2O3. The molecule has 0 unspecified atom stereocenters. The molecule has 1 amide bonds. The average Bonchev–Trinajstić information content (AvgIpc) is 3.06. The van der Waals surface area contributed by atoms with Crippen molar-refractivity contribution in [2.24, 2.45) is 5.92 Å². The van der Waals surface area contributed by atoms with Gasteiger partial charge in [-0.25, -0.2) is 0 Å². The van der Waals surface area contributed by atoms with Gasteiger partial charge in [0.25, 0.3) is 0 Å². The molecule has 23 heavy (non-hydrogen) atoms. The van der Waals surface area contributed by atoms with E-state index in [-0.39, 0.29) is 30.0 Å². The number of aliphatic hydroxyl groups excluding tert-OH is 1. The van der Waals surface area contributed by atoms with Gasteiger partial charge in [0.2, 0.25) is 5.91 Å². The van der Waals surface area contributed by atoms with Crippen LogP contribution in [0.1, 0.15) is 40.0 Å². The Morgan fingerprint density at radius 1 is 1.52 bits per heavy atom. The molecular weight excluding hydrogens is 292 g/mol. The van der Waals surface area contributed by atoms with Gasteiger partial charge in [-0.05, 0) is 38.3 Å². The zero-order chi connectivity index (χ0) is 17.4. The number of carbonyl (C=O) groups excluding carboxylic acids is 1. The predicted molar refractivity (Wildman–Crippen MR) is 93.2 cm³/mol. The molecule has 0 radical (unpaired) electrons. The molecule has 0 spiro atoms. The molecule has 0 aromatic heterocycles. The molecule has 1 aliphatic rings. The Morgan fingerprint density at radius 2 is 2.22 bits per heavy atom. The van der Waals surface area contributed by atoms with E-state index in [4.69, 9.17) is 4.74 Å². The fourth-order valence-electron chi connectivity index (χ4n) is 3.14. The van der Waals surface area contributed by atoms with Crippen LogP contribution in [-0.4, -0.2) is 49.0 Å². The first-order chi connectivity index (χ1) is 11.0. The van der Waals surface area contributed by atoms with Crippen LogP contribution in [0, 0.1) is 5.92 Å². The van der Waals surface area contributed by atoms with Gasteiger partial charge >= 0.3 is 0 Å². The van der Waals surface area contributed by atoms with Gasteiger partial charge in [0.1, 0.15) is 0 Å². The number of carbonyl (C=O) groups is 1. The van der Waals surface area contributed by atoms with Crippen LogP contribution in [0.25, 0.3) is 0 Å². The summed E-state index contributed by atoms with van der Waals surface area (Å²) < 4.78 is 5.55. The first-order valence-corrected chi connectivity index (χ1v) is 8.53. The van der Waals surface area contributed by atoms with Crippen molar-refractivity contribution in [1.29, 1.82) is 0 Å². The summed E-state index contributed by atoms with van der Waals surface area (Å²) in [5.74, 6) is -0.385. The lowest BCUT2D eigenvalue weighted by Gasteiger charge is -2.29. The second-order valence-electron chi connectivity index (χ2n) is 6.25. The minimum absolute atomic E-state index is 0.1000. The maximum absolute atomic E-state index is 12.5. The van der Waals surface area contributed by atoms with Crippen LogP contribution >= 0.6 is 0 Å². The van der Waals surface area contributed by atoms with E-state index in [0.717, 1.165) is 31.4 Å². The molecule has 0 aromatic rings. The standard InChI is InChI=1S/C18H32N2O3/c1-6-9-14(7-2)16(21)13(4)20-18(22)12(3)17(23-5)15-10-8-11-19-15/h7,9,12-13,15-17,19,21H,2,6,8,10-11H2,1,3-5H3,(H,20,22)/b14-9+/t12-,13-,15+,16-,17-/m1/s1. The lowest BCUT2D eigenvalue weighted by Crippen LogP contribution is -2.50. The van der Waals surface area contributed by atoms with Gasteiger partial charge in [0.15, 0.2) is 0 Å². The summed E-state index contributed by atoms with van der Waals surface area (Å²) in [6, 6.07) is -0.167. The molecule has 5 heteroatoms. The largest absolute Gasteiger partial charge is 0.386 e. The Balaban J connectivity index is 2.65. The summed E-state index contributed by atoms with van der Waals surface area (Å²) in [6.07, 6.45) is 5.59. The Morgan fingerprint density at radius 3 is 2.70 bits per heavy atom. The fourth-order valence-corrected chi connectivity index (χ4v) is 3.14. The van der Waals surface area contributed by atoms with Crippen molar-refractivity contribution >= 4 is 5.91 Å². The average molecular weight is 324 g/mol. The molecule has 0 bridgehead atoms. The van der Waals surface area contributed by atoms with Crippen molar-refractivity contribution in [3.63, 3.8) is 0 Å². The van der Waals surface area contributed by atoms with E-state index in [2.05, 4.69) is 17.2 Å². The minimum atomic E-state index is -0.755. The third-order valence-electron chi connectivity index (χ3n) is 4.53. The van der Waals surface area contributed by atoms with Gasteiger partial charge in [0, 0.05) is 13.2 Å². The maximum atomic E-state index is 12.5. The van der Waals surface area contributed by atoms with Crippen molar-refractivity contribution in [2.75, 3.05) is 13.7 Å². The second kappa shape index (κ2) is 9.85. The van der Waals surface area contributed by atoms with Crippen molar-refractivity contribution in [3.8, 4) is 0 Å². The Kier molecular flexibility index (Phi) is 8.52. The first-order valence-electron chi connectivity index (χ1n) is 8.53. The second-order valence-corrected chi connectivity index (χ2v) is 6.25. The van der Waals surface area contributed by atoms with Crippen LogP contribution in [0.5, 0.6) is 0 Å². The third-order valence-corrected chi connectivity index (χ3v) is 4.53. The molecule has 132 valence electrons. The van der Waals surface area contributed by atoms with E-state index >= 15 is 0 Å². The fraction of sp³-hybridized carbons (Fsp3) is 0.722. The van der Waals surface area contributed by atoms with Crippen LogP contribution < -0.4 is 10.6 Å². The molecule has 5 nitrogen and oxygen atoms in total. The normalized spacial score (nSPS) is 23.9. The number of hydrogen-bond donors (Lipinski definition) is 3. The minimum Gasteiger partial charge on any atom is -0.386 e. The van der Waals surface area contributed by atoms with Crippen LogP contribution in [0.15, 0.2) is 24.3 Å². The van der Waals surface area contributed by atoms with Crippen LogP contribution in [0.3, 0.4) is 0 Å². The lowest BCUT2D eigenvalue weighted by molar-refractivity contribution is -0.130. The predicted octanol–water partition coefficient (Wildman–Crippen LogP) is 1.78. The number of aliphatic hydroxyl groups is 1. The summed E-state index contributed by atoms with van der Waals surface area (Å²) in [6.45, 7) is 10.4. The highest BCUT2D eigenvalue weighted by molar-refractivity contribution is 5.79. The van der Waals surface area contributed by atoms with Crippen LogP contribution in [0.4, 0.5) is 0 Å². The van der Waals surface area contributed by atoms with E-state index in [1.54, 1.807) is 20.1 Å². The Hall–Kier alpha value is -1.17. The summed E-state index contributed by atoms with van der Waals surface area (Å²) in [5.41, 5.74) is 0.744. The highest BCUT2D eigenvalue weighted by atomic mass is 16.5. The van der Waals surface area contributed by atoms with Gasteiger partial charge in [-0.3, -0.25) is 4.79 Å². The van der Waals surface area contributed by atoms with Gasteiger partial charge in [-0.15, -0.1) is 0 Å². The van der Waals surface area contributed by atoms with Gasteiger partial charge in [0.05, 0.1) is 24.2 Å². The number of allylic oxidation sites excluding steroid dienone is 1. The highest BCUT2D eigenvalue weighted by Crippen LogP contribution is 2.19. The SMILES string of the molecule is C=C/C(=C\CC)[C@H](O)[C@@H](C)NC(=O)[C@H](C)[C@@H](OC)[C@@H]1CCCN1. The molecule has 1 rings (SSSR count). The van der Waals surface area contributed by atoms with E-state index in [0.29, 0.717) is 0 Å². The van der Waals surface area contributed by atoms with Crippen molar-refractivity contribution in [1.82, 2.24) is 10.6 Å². The number of rotatable bonds is 9. The van der Waals surface area contributed by atoms with Crippen LogP contribution in [0.2, 0.25) is 0 Å². The molecule has 1 fully saturated rings. The highest BCUT2D eigenvalue weighted by Gasteiger charge is 2.33. The molecule has 0 aliphatic carbocycles. The van der Waals surface area contributed by atoms with E-state index in [1.165, 1.54) is 0 Å². The molecule has 1 aliphatic heterocycles. The Labute approximate surface area is 140 Å². The number of amides is 1. The van der Waals surface area contributed by atoms with Gasteiger partial charge in [-0.1, -0.05) is 32.6 Å². The third kappa shape index (κ3) is 5.44. The summed E-state index contributed by atoms with van der Waals surface area (Å²) in [4.78, 5) is 12.5. The number of nitrogens with one attached hydrogen (secondary N) is 2. The number of methoxy groups -OCH3 is 1. The molecule has 0 aromatic carbocycles. The van der Waals surface area contributed by atoms with Crippen molar-refractivity contribution < 1.29 is 14.6 Å². The van der Waals surface area contributed by atoms with E-state index in [9.17, 15) is 9.90 Å². The molecule has 1 saturated heterocycles. The first kappa shape index (κ1) is 19.9. The molecule has 1 heterocycles. The molecule has 5 atom stereocenters. The quantitative estimate of drug-likeness (QED) is 0.565. The van der Waals surface area contributed by atoms with E-state index in [1.807, 2.05) is 19.9 Å².